The molecule has 0 bridgehead atoms. The van der Waals surface area contributed by atoms with Crippen LogP contribution in [0.4, 0.5) is 0 Å². The molecule has 0 aliphatic heterocycles. The van der Waals surface area contributed by atoms with Gasteiger partial charge >= 0.3 is 0 Å². The fourth-order valence-corrected chi connectivity index (χ4v) is 4.22. The Morgan fingerprint density at radius 1 is 1.18 bits per heavy atom. The Morgan fingerprint density at radius 3 is 2.45 bits per heavy atom. The van der Waals surface area contributed by atoms with Crippen molar-refractivity contribution in [2.45, 2.75) is 24.1 Å². The zero-order valence-corrected chi connectivity index (χ0v) is 14.0. The third-order valence-corrected chi connectivity index (χ3v) is 5.97. The molecule has 0 aliphatic rings. The van der Waals surface area contributed by atoms with Crippen LogP contribution in [0.2, 0.25) is 0 Å². The molecule has 118 valence electrons. The number of benzene rings is 1. The molecular formula is C15H18N2O3S2. The van der Waals surface area contributed by atoms with E-state index in [2.05, 4.69) is 10.0 Å². The van der Waals surface area contributed by atoms with Crippen LogP contribution < -0.4 is 10.0 Å². The predicted octanol–water partition coefficient (Wildman–Crippen LogP) is 2.21. The first-order valence-electron chi connectivity index (χ1n) is 6.79. The number of hydrogen-bond acceptors (Lipinski definition) is 4. The molecule has 2 rings (SSSR count). The highest BCUT2D eigenvalue weighted by atomic mass is 32.2. The van der Waals surface area contributed by atoms with E-state index in [-0.39, 0.29) is 22.7 Å². The van der Waals surface area contributed by atoms with Crippen molar-refractivity contribution in [2.24, 2.45) is 0 Å². The van der Waals surface area contributed by atoms with E-state index in [1.807, 2.05) is 44.2 Å². The van der Waals surface area contributed by atoms with Crippen LogP contribution in [0.15, 0.2) is 46.7 Å². The second-order valence-corrected chi connectivity index (χ2v) is 8.17. The van der Waals surface area contributed by atoms with Crippen molar-refractivity contribution in [1.29, 1.82) is 0 Å². The van der Waals surface area contributed by atoms with Crippen LogP contribution in [0.25, 0.3) is 0 Å². The molecule has 5 nitrogen and oxygen atoms in total. The molecule has 1 aromatic carbocycles. The Balaban J connectivity index is 1.90. The first-order valence-corrected chi connectivity index (χ1v) is 9.09. The van der Waals surface area contributed by atoms with Crippen LogP contribution in [-0.2, 0) is 14.8 Å². The second kappa shape index (κ2) is 7.04. The summed E-state index contributed by atoms with van der Waals surface area (Å²) in [6.45, 7) is 3.40. The van der Waals surface area contributed by atoms with Gasteiger partial charge in [-0.3, -0.25) is 4.79 Å². The molecule has 1 amide bonds. The molecule has 1 heterocycles. The highest BCUT2D eigenvalue weighted by Gasteiger charge is 2.18. The highest BCUT2D eigenvalue weighted by Crippen LogP contribution is 2.20. The number of nitrogens with one attached hydrogen (secondary N) is 2. The summed E-state index contributed by atoms with van der Waals surface area (Å²) in [5.41, 5.74) is 0.965. The van der Waals surface area contributed by atoms with Crippen LogP contribution >= 0.6 is 11.3 Å². The predicted molar refractivity (Wildman–Crippen MR) is 87.2 cm³/mol. The highest BCUT2D eigenvalue weighted by molar-refractivity contribution is 7.91. The molecule has 0 aliphatic carbocycles. The van der Waals surface area contributed by atoms with E-state index in [4.69, 9.17) is 0 Å². The summed E-state index contributed by atoms with van der Waals surface area (Å²) < 4.78 is 26.6. The molecular weight excluding hydrogens is 320 g/mol. The number of carbonyl (C=O) groups excluding carboxylic acids is 1. The lowest BCUT2D eigenvalue weighted by Crippen LogP contribution is -2.37. The summed E-state index contributed by atoms with van der Waals surface area (Å²) in [4.78, 5) is 12.8. The fraction of sp³-hybridized carbons (Fsp3) is 0.267. The summed E-state index contributed by atoms with van der Waals surface area (Å²) in [6.07, 6.45) is 0. The molecule has 2 N–H and O–H groups in total. The van der Waals surface area contributed by atoms with Crippen molar-refractivity contribution in [3.05, 3.63) is 52.9 Å². The van der Waals surface area contributed by atoms with Crippen molar-refractivity contribution >= 4 is 27.3 Å². The van der Waals surface area contributed by atoms with E-state index in [0.29, 0.717) is 0 Å². The van der Waals surface area contributed by atoms with E-state index in [9.17, 15) is 13.2 Å². The van der Waals surface area contributed by atoms with Crippen molar-refractivity contribution in [3.63, 3.8) is 0 Å². The summed E-state index contributed by atoms with van der Waals surface area (Å²) in [5.74, 6) is -0.367. The van der Waals surface area contributed by atoms with Gasteiger partial charge in [0, 0.05) is 4.88 Å². The molecule has 7 heteroatoms. The Bertz CT molecular complexity index is 739. The third kappa shape index (κ3) is 4.40. The smallest absolute Gasteiger partial charge is 0.250 e. The molecule has 0 saturated carbocycles. The summed E-state index contributed by atoms with van der Waals surface area (Å²) in [5, 5.41) is 2.76. The maximum atomic E-state index is 12.0. The van der Waals surface area contributed by atoms with Crippen LogP contribution in [0.5, 0.6) is 0 Å². The van der Waals surface area contributed by atoms with Gasteiger partial charge in [0.2, 0.25) is 5.91 Å². The van der Waals surface area contributed by atoms with Crippen LogP contribution in [0.3, 0.4) is 0 Å². The van der Waals surface area contributed by atoms with Gasteiger partial charge in [-0.15, -0.1) is 11.3 Å². The van der Waals surface area contributed by atoms with Gasteiger partial charge in [0.05, 0.1) is 12.6 Å². The van der Waals surface area contributed by atoms with Gasteiger partial charge in [0.1, 0.15) is 4.21 Å². The molecule has 0 saturated heterocycles. The van der Waals surface area contributed by atoms with E-state index in [1.165, 1.54) is 17.4 Å². The Hall–Kier alpha value is -1.70. The molecule has 1 atom stereocenters. The van der Waals surface area contributed by atoms with Crippen LogP contribution in [-0.4, -0.2) is 20.9 Å². The first-order chi connectivity index (χ1) is 10.4. The lowest BCUT2D eigenvalue weighted by Gasteiger charge is -2.14. The average molecular weight is 338 g/mol. The third-order valence-electron chi connectivity index (χ3n) is 3.08. The number of rotatable bonds is 6. The number of thiophene rings is 1. The van der Waals surface area contributed by atoms with Crippen molar-refractivity contribution < 1.29 is 13.2 Å². The number of carbonyl (C=O) groups is 1. The largest absolute Gasteiger partial charge is 0.348 e. The zero-order chi connectivity index (χ0) is 16.2. The minimum atomic E-state index is -3.63. The minimum absolute atomic E-state index is 0.179. The number of amides is 1. The van der Waals surface area contributed by atoms with Gasteiger partial charge < -0.3 is 5.32 Å². The van der Waals surface area contributed by atoms with Crippen LogP contribution in [0.1, 0.15) is 23.4 Å². The van der Waals surface area contributed by atoms with E-state index < -0.39 is 10.0 Å². The number of aryl methyl sites for hydroxylation is 1. The van der Waals surface area contributed by atoms with Gasteiger partial charge in [-0.2, -0.15) is 0 Å². The zero-order valence-electron chi connectivity index (χ0n) is 12.4. The molecule has 2 aromatic rings. The number of sulfonamides is 1. The van der Waals surface area contributed by atoms with Crippen molar-refractivity contribution in [3.8, 4) is 0 Å². The standard InChI is InChI=1S/C15H18N2O3S2/c1-11-8-9-15(21-11)22(19,20)16-10-14(18)17-12(2)13-6-4-3-5-7-13/h3-9,12,16H,10H2,1-2H3,(H,17,18). The molecule has 1 aromatic heterocycles. The Morgan fingerprint density at radius 2 is 1.86 bits per heavy atom. The summed E-state index contributed by atoms with van der Waals surface area (Å²) in [6, 6.07) is 12.6. The molecule has 1 unspecified atom stereocenters. The van der Waals surface area contributed by atoms with Crippen molar-refractivity contribution in [2.75, 3.05) is 6.54 Å². The monoisotopic (exact) mass is 338 g/mol. The van der Waals surface area contributed by atoms with Crippen molar-refractivity contribution in [1.82, 2.24) is 10.0 Å². The summed E-state index contributed by atoms with van der Waals surface area (Å²) >= 11 is 1.17. The molecule has 0 radical (unpaired) electrons. The van der Waals surface area contributed by atoms with E-state index in [0.717, 1.165) is 10.4 Å². The maximum Gasteiger partial charge on any atom is 0.250 e. The summed E-state index contributed by atoms with van der Waals surface area (Å²) in [7, 11) is -3.63. The quantitative estimate of drug-likeness (QED) is 0.848. The molecule has 22 heavy (non-hydrogen) atoms. The number of hydrogen-bond donors (Lipinski definition) is 2. The van der Waals surface area contributed by atoms with Gasteiger partial charge in [0.25, 0.3) is 10.0 Å². The fourth-order valence-electron chi connectivity index (χ4n) is 1.91. The Kier molecular flexibility index (Phi) is 5.33. The average Bonchev–Trinajstić information content (AvgIpc) is 2.94. The SMILES string of the molecule is Cc1ccc(S(=O)(=O)NCC(=O)NC(C)c2ccccc2)s1. The van der Waals surface area contributed by atoms with Gasteiger partial charge in [0.15, 0.2) is 0 Å². The second-order valence-electron chi connectivity index (χ2n) is 4.89. The normalized spacial score (nSPS) is 12.8. The maximum absolute atomic E-state index is 12.0. The first kappa shape index (κ1) is 16.7. The van der Waals surface area contributed by atoms with Gasteiger partial charge in [-0.05, 0) is 31.5 Å². The lowest BCUT2D eigenvalue weighted by molar-refractivity contribution is -0.120. The molecule has 0 fully saturated rings. The van der Waals surface area contributed by atoms with Gasteiger partial charge in [-0.1, -0.05) is 30.3 Å². The van der Waals surface area contributed by atoms with E-state index >= 15 is 0 Å². The van der Waals surface area contributed by atoms with Gasteiger partial charge in [-0.25, -0.2) is 13.1 Å². The lowest BCUT2D eigenvalue weighted by atomic mass is 10.1. The minimum Gasteiger partial charge on any atom is -0.348 e. The van der Waals surface area contributed by atoms with E-state index in [1.54, 1.807) is 6.07 Å². The van der Waals surface area contributed by atoms with Crippen LogP contribution in [0, 0.1) is 6.92 Å². The molecule has 0 spiro atoms. The Labute approximate surface area is 134 Å². The topological polar surface area (TPSA) is 75.3 Å².